The smallest absolute Gasteiger partial charge is 0.0566 e. The van der Waals surface area contributed by atoms with Crippen LogP contribution in [0.25, 0.3) is 0 Å². The summed E-state index contributed by atoms with van der Waals surface area (Å²) in [6.45, 7) is 6.02. The summed E-state index contributed by atoms with van der Waals surface area (Å²) in [4.78, 5) is 2.35. The summed E-state index contributed by atoms with van der Waals surface area (Å²) in [5.74, 6) is 0.786. The number of hydrogen-bond acceptors (Lipinski definition) is 3. The number of nitrogens with zero attached hydrogens (tertiary/aromatic N) is 1. The maximum Gasteiger partial charge on any atom is 0.0566 e. The standard InChI is InChI=1S/C16H25BrN2O/c1-11(2)16(20)8-12-7-14(18)10-19(9-12)15-5-3-13(17)4-6-15/h3-6,11-12,14,16,20H,7-10,18H2,1-2H3. The fourth-order valence-corrected chi connectivity index (χ4v) is 3.16. The molecule has 0 aromatic heterocycles. The summed E-state index contributed by atoms with van der Waals surface area (Å²) in [5, 5.41) is 10.1. The van der Waals surface area contributed by atoms with Gasteiger partial charge in [-0.05, 0) is 48.9 Å². The number of hydrogen-bond donors (Lipinski definition) is 2. The van der Waals surface area contributed by atoms with E-state index in [4.69, 9.17) is 5.73 Å². The summed E-state index contributed by atoms with van der Waals surface area (Å²) >= 11 is 3.47. The molecule has 20 heavy (non-hydrogen) atoms. The highest BCUT2D eigenvalue weighted by Crippen LogP contribution is 2.27. The summed E-state index contributed by atoms with van der Waals surface area (Å²) in [7, 11) is 0. The van der Waals surface area contributed by atoms with Crippen LogP contribution in [0.2, 0.25) is 0 Å². The molecule has 1 aromatic rings. The number of halogens is 1. The molecular weight excluding hydrogens is 316 g/mol. The van der Waals surface area contributed by atoms with Crippen molar-refractivity contribution in [3.05, 3.63) is 28.7 Å². The van der Waals surface area contributed by atoms with Crippen LogP contribution in [-0.2, 0) is 0 Å². The van der Waals surface area contributed by atoms with Crippen molar-refractivity contribution < 1.29 is 5.11 Å². The predicted octanol–water partition coefficient (Wildman–Crippen LogP) is 3.01. The quantitative estimate of drug-likeness (QED) is 0.885. The lowest BCUT2D eigenvalue weighted by Gasteiger charge is -2.39. The van der Waals surface area contributed by atoms with Crippen LogP contribution in [0, 0.1) is 11.8 Å². The number of aliphatic hydroxyl groups is 1. The van der Waals surface area contributed by atoms with E-state index >= 15 is 0 Å². The molecule has 0 radical (unpaired) electrons. The molecule has 112 valence electrons. The fourth-order valence-electron chi connectivity index (χ4n) is 2.89. The predicted molar refractivity (Wildman–Crippen MR) is 87.9 cm³/mol. The largest absolute Gasteiger partial charge is 0.393 e. The highest BCUT2D eigenvalue weighted by Gasteiger charge is 2.27. The molecule has 3 unspecified atom stereocenters. The molecule has 0 saturated carbocycles. The number of aliphatic hydroxyl groups excluding tert-OH is 1. The second-order valence-electron chi connectivity index (χ2n) is 6.29. The summed E-state index contributed by atoms with van der Waals surface area (Å²) in [5.41, 5.74) is 7.42. The number of anilines is 1. The van der Waals surface area contributed by atoms with Gasteiger partial charge in [0.25, 0.3) is 0 Å². The highest BCUT2D eigenvalue weighted by molar-refractivity contribution is 9.10. The fraction of sp³-hybridized carbons (Fsp3) is 0.625. The first-order chi connectivity index (χ1) is 9.45. The minimum absolute atomic E-state index is 0.191. The van der Waals surface area contributed by atoms with Gasteiger partial charge in [-0.3, -0.25) is 0 Å². The van der Waals surface area contributed by atoms with Gasteiger partial charge in [-0.25, -0.2) is 0 Å². The van der Waals surface area contributed by atoms with Crippen LogP contribution >= 0.6 is 15.9 Å². The van der Waals surface area contributed by atoms with E-state index in [1.165, 1.54) is 5.69 Å². The van der Waals surface area contributed by atoms with Gasteiger partial charge in [-0.15, -0.1) is 0 Å². The summed E-state index contributed by atoms with van der Waals surface area (Å²) < 4.78 is 1.09. The van der Waals surface area contributed by atoms with E-state index in [0.29, 0.717) is 11.8 Å². The Balaban J connectivity index is 2.02. The topological polar surface area (TPSA) is 49.5 Å². The molecule has 0 amide bonds. The van der Waals surface area contributed by atoms with Crippen molar-refractivity contribution in [2.45, 2.75) is 38.8 Å². The van der Waals surface area contributed by atoms with Gasteiger partial charge in [0.05, 0.1) is 6.10 Å². The molecule has 1 fully saturated rings. The molecule has 2 rings (SSSR count). The molecule has 1 aromatic carbocycles. The average molecular weight is 341 g/mol. The SMILES string of the molecule is CC(C)C(O)CC1CC(N)CN(c2ccc(Br)cc2)C1. The molecule has 3 atom stereocenters. The second kappa shape index (κ2) is 6.92. The van der Waals surface area contributed by atoms with Crippen molar-refractivity contribution in [3.8, 4) is 0 Å². The van der Waals surface area contributed by atoms with Crippen LogP contribution in [0.5, 0.6) is 0 Å². The van der Waals surface area contributed by atoms with E-state index in [1.54, 1.807) is 0 Å². The minimum atomic E-state index is -0.225. The molecule has 3 nitrogen and oxygen atoms in total. The van der Waals surface area contributed by atoms with Crippen LogP contribution in [0.3, 0.4) is 0 Å². The Hall–Kier alpha value is -0.580. The molecule has 4 heteroatoms. The van der Waals surface area contributed by atoms with E-state index in [9.17, 15) is 5.11 Å². The van der Waals surface area contributed by atoms with E-state index in [1.807, 2.05) is 0 Å². The van der Waals surface area contributed by atoms with Gasteiger partial charge in [-0.1, -0.05) is 29.8 Å². The second-order valence-corrected chi connectivity index (χ2v) is 7.21. The van der Waals surface area contributed by atoms with Gasteiger partial charge < -0.3 is 15.7 Å². The number of piperidine rings is 1. The molecule has 0 spiro atoms. The van der Waals surface area contributed by atoms with Crippen molar-refractivity contribution in [2.24, 2.45) is 17.6 Å². The molecule has 1 aliphatic rings. The van der Waals surface area contributed by atoms with Gasteiger partial charge in [0.15, 0.2) is 0 Å². The zero-order valence-corrected chi connectivity index (χ0v) is 13.9. The van der Waals surface area contributed by atoms with Crippen LogP contribution in [0.1, 0.15) is 26.7 Å². The van der Waals surface area contributed by atoms with Gasteiger partial charge >= 0.3 is 0 Å². The Morgan fingerprint density at radius 2 is 1.95 bits per heavy atom. The normalized spacial score (nSPS) is 25.0. The van der Waals surface area contributed by atoms with Crippen LogP contribution in [-0.4, -0.2) is 30.3 Å². The first kappa shape index (κ1) is 15.8. The maximum absolute atomic E-state index is 10.1. The molecular formula is C16H25BrN2O. The highest BCUT2D eigenvalue weighted by atomic mass is 79.9. The molecule has 0 aliphatic carbocycles. The first-order valence-electron chi connectivity index (χ1n) is 7.40. The van der Waals surface area contributed by atoms with Crippen LogP contribution < -0.4 is 10.6 Å². The van der Waals surface area contributed by atoms with Crippen molar-refractivity contribution in [3.63, 3.8) is 0 Å². The minimum Gasteiger partial charge on any atom is -0.393 e. The van der Waals surface area contributed by atoms with E-state index in [2.05, 4.69) is 58.9 Å². The van der Waals surface area contributed by atoms with Crippen molar-refractivity contribution in [1.82, 2.24) is 0 Å². The Bertz CT molecular complexity index is 421. The Morgan fingerprint density at radius 3 is 2.55 bits per heavy atom. The monoisotopic (exact) mass is 340 g/mol. The summed E-state index contributed by atoms with van der Waals surface area (Å²) in [6, 6.07) is 8.56. The van der Waals surface area contributed by atoms with Gasteiger partial charge in [-0.2, -0.15) is 0 Å². The Kier molecular flexibility index (Phi) is 5.47. The number of rotatable bonds is 4. The van der Waals surface area contributed by atoms with Crippen molar-refractivity contribution >= 4 is 21.6 Å². The lowest BCUT2D eigenvalue weighted by molar-refractivity contribution is 0.0922. The third-order valence-corrected chi connectivity index (χ3v) is 4.63. The molecule has 1 aliphatic heterocycles. The molecule has 1 heterocycles. The summed E-state index contributed by atoms with van der Waals surface area (Å²) in [6.07, 6.45) is 1.63. The van der Waals surface area contributed by atoms with Crippen molar-refractivity contribution in [2.75, 3.05) is 18.0 Å². The first-order valence-corrected chi connectivity index (χ1v) is 8.19. The maximum atomic E-state index is 10.1. The lowest BCUT2D eigenvalue weighted by Crippen LogP contribution is -2.48. The molecule has 0 bridgehead atoms. The molecule has 3 N–H and O–H groups in total. The van der Waals surface area contributed by atoms with Crippen LogP contribution in [0.4, 0.5) is 5.69 Å². The van der Waals surface area contributed by atoms with Gasteiger partial charge in [0.1, 0.15) is 0 Å². The average Bonchev–Trinajstić information content (AvgIpc) is 2.38. The Labute approximate surface area is 130 Å². The Morgan fingerprint density at radius 1 is 1.30 bits per heavy atom. The zero-order valence-electron chi connectivity index (χ0n) is 12.3. The van der Waals surface area contributed by atoms with Crippen molar-refractivity contribution in [1.29, 1.82) is 0 Å². The lowest BCUT2D eigenvalue weighted by atomic mass is 9.87. The third kappa shape index (κ3) is 4.21. The molecule has 1 saturated heterocycles. The number of nitrogens with two attached hydrogens (primary N) is 1. The zero-order chi connectivity index (χ0) is 14.7. The van der Waals surface area contributed by atoms with Crippen LogP contribution in [0.15, 0.2) is 28.7 Å². The third-order valence-electron chi connectivity index (χ3n) is 4.11. The van der Waals surface area contributed by atoms with E-state index in [0.717, 1.165) is 30.4 Å². The van der Waals surface area contributed by atoms with E-state index in [-0.39, 0.29) is 12.1 Å². The van der Waals surface area contributed by atoms with Gasteiger partial charge in [0, 0.05) is 29.3 Å². The van der Waals surface area contributed by atoms with Gasteiger partial charge in [0.2, 0.25) is 0 Å². The number of benzene rings is 1. The van der Waals surface area contributed by atoms with E-state index < -0.39 is 0 Å².